The van der Waals surface area contributed by atoms with Crippen molar-refractivity contribution < 1.29 is 84.6 Å². The molecule has 2 radical (unpaired) electrons. The van der Waals surface area contributed by atoms with Gasteiger partial charge in [0.2, 0.25) is 23.6 Å². The molecule has 47 heavy (non-hydrogen) atoms. The fourth-order valence-electron chi connectivity index (χ4n) is 7.23. The minimum atomic E-state index is -0.594. The summed E-state index contributed by atoms with van der Waals surface area (Å²) in [6, 6.07) is 6.56. The maximum absolute atomic E-state index is 11.7. The van der Waals surface area contributed by atoms with Crippen LogP contribution in [0.4, 0.5) is 0 Å². The predicted molar refractivity (Wildman–Crippen MR) is 191 cm³/mol. The number of benzene rings is 1. The van der Waals surface area contributed by atoms with Crippen LogP contribution < -0.4 is 0 Å². The van der Waals surface area contributed by atoms with Gasteiger partial charge < -0.3 is 0 Å². The number of carbonyl (C=O) groups excluding carboxylic acids is 4. The number of hydrogen-bond acceptors (Lipinski definition) is 4. The van der Waals surface area contributed by atoms with Crippen LogP contribution in [0.1, 0.15) is 125 Å². The number of rotatable bonds is 1. The van der Waals surface area contributed by atoms with Gasteiger partial charge in [-0.25, -0.2) is 0 Å². The van der Waals surface area contributed by atoms with E-state index < -0.39 is 23.7 Å². The second kappa shape index (κ2) is 25.6. The Bertz CT molecular complexity index is 946. The molecular formula is C39H70N2O4Y2. The van der Waals surface area contributed by atoms with Gasteiger partial charge in [-0.15, -0.1) is 0 Å². The summed E-state index contributed by atoms with van der Waals surface area (Å²) < 4.78 is 0. The quantitative estimate of drug-likeness (QED) is 0.265. The van der Waals surface area contributed by atoms with Crippen LogP contribution in [0.3, 0.4) is 0 Å². The number of amides is 4. The van der Waals surface area contributed by atoms with Crippen LogP contribution in [0.2, 0.25) is 0 Å². The van der Waals surface area contributed by atoms with E-state index in [1.807, 2.05) is 27.7 Å². The summed E-state index contributed by atoms with van der Waals surface area (Å²) in [4.78, 5) is 48.9. The average Bonchev–Trinajstić information content (AvgIpc) is 3.34. The van der Waals surface area contributed by atoms with Crippen molar-refractivity contribution in [2.75, 3.05) is 14.1 Å². The van der Waals surface area contributed by atoms with Gasteiger partial charge >= 0.3 is 0 Å². The zero-order valence-corrected chi connectivity index (χ0v) is 36.5. The molecular weight excluding hydrogens is 738 g/mol. The molecule has 1 aromatic carbocycles. The summed E-state index contributed by atoms with van der Waals surface area (Å²) in [5.74, 6) is 0.256. The van der Waals surface area contributed by atoms with Crippen molar-refractivity contribution in [2.24, 2.45) is 47.3 Å². The van der Waals surface area contributed by atoms with Gasteiger partial charge in [0.15, 0.2) is 0 Å². The smallest absolute Gasteiger partial charge is 0.233 e. The molecule has 0 aromatic heterocycles. The Morgan fingerprint density at radius 1 is 0.574 bits per heavy atom. The second-order valence-electron chi connectivity index (χ2n) is 12.8. The Kier molecular flexibility index (Phi) is 29.2. The van der Waals surface area contributed by atoms with Crippen molar-refractivity contribution >= 4 is 23.6 Å². The third-order valence-electron chi connectivity index (χ3n) is 9.90. The molecule has 6 nitrogen and oxygen atoms in total. The van der Waals surface area contributed by atoms with Crippen molar-refractivity contribution in [3.63, 3.8) is 0 Å². The summed E-state index contributed by atoms with van der Waals surface area (Å²) in [7, 11) is 2.80. The van der Waals surface area contributed by atoms with Crippen LogP contribution in [-0.4, -0.2) is 47.5 Å². The first-order valence-corrected chi connectivity index (χ1v) is 17.0. The van der Waals surface area contributed by atoms with Gasteiger partial charge in [0.25, 0.3) is 0 Å². The Hall–Kier alpha value is -0.292. The summed E-state index contributed by atoms with van der Waals surface area (Å²) in [5.41, 5.74) is 4.06. The number of nitrogens with zero attached hydrogens (tertiary/aromatic N) is 2. The van der Waals surface area contributed by atoms with Gasteiger partial charge in [-0.05, 0) is 50.9 Å². The van der Waals surface area contributed by atoms with E-state index in [1.54, 1.807) is 0 Å². The minimum absolute atomic E-state index is 0. The van der Waals surface area contributed by atoms with Crippen molar-refractivity contribution in [3.05, 3.63) is 34.9 Å². The molecule has 4 atom stereocenters. The standard InChI is InChI=1S/C10H10N2O4.C10H20.C9H12.C4H8.2C2H6.2CH4.2Y/c1-11-7(13)3-4(8(11)14)6-5(3)9(15)12(2)10(6)16;1-5-10-8(3)6-7(2)9(10)4;1-7-4-8(2)6-9(3)5-7;1-2-4-3-1;2*1-2;;;;/h3-6H,1-2H3;7-10H,5-6H2,1-4H3;4-6H,1-3H3;1-4H2;2*1-2H3;2*1H4;;. The Morgan fingerprint density at radius 2 is 0.830 bits per heavy atom. The third-order valence-corrected chi connectivity index (χ3v) is 9.90. The molecule has 0 N–H and O–H groups in total. The van der Waals surface area contributed by atoms with Crippen molar-refractivity contribution in [2.45, 2.75) is 130 Å². The summed E-state index contributed by atoms with van der Waals surface area (Å²) in [6.07, 6.45) is 8.84. The van der Waals surface area contributed by atoms with Gasteiger partial charge in [-0.3, -0.25) is 29.0 Å². The zero-order valence-electron chi connectivity index (χ0n) is 30.8. The number of fused-ring (bicyclic) bond motifs is 4. The van der Waals surface area contributed by atoms with Crippen LogP contribution >= 0.6 is 0 Å². The molecule has 4 amide bonds. The van der Waals surface area contributed by atoms with Crippen LogP contribution in [-0.2, 0) is 84.6 Å². The number of hydrogen-bond donors (Lipinski definition) is 0. The molecule has 8 heteroatoms. The van der Waals surface area contributed by atoms with E-state index in [9.17, 15) is 19.2 Å². The van der Waals surface area contributed by atoms with E-state index in [2.05, 4.69) is 66.7 Å². The fraction of sp³-hybridized carbons (Fsp3) is 0.744. The summed E-state index contributed by atoms with van der Waals surface area (Å²) >= 11 is 0. The molecule has 4 unspecified atom stereocenters. The molecule has 266 valence electrons. The zero-order chi connectivity index (χ0) is 33.2. The first-order chi connectivity index (χ1) is 20.3. The van der Waals surface area contributed by atoms with Gasteiger partial charge in [0.05, 0.1) is 23.7 Å². The molecule has 1 aromatic rings. The molecule has 3 aliphatic carbocycles. The van der Waals surface area contributed by atoms with Crippen LogP contribution in [0.15, 0.2) is 18.2 Å². The second-order valence-corrected chi connectivity index (χ2v) is 12.8. The molecule has 2 heterocycles. The maximum Gasteiger partial charge on any atom is 0.233 e. The third kappa shape index (κ3) is 13.1. The molecule has 2 saturated heterocycles. The molecule has 3 saturated carbocycles. The van der Waals surface area contributed by atoms with Crippen molar-refractivity contribution in [1.82, 2.24) is 9.80 Å². The van der Waals surface area contributed by atoms with E-state index >= 15 is 0 Å². The first-order valence-electron chi connectivity index (χ1n) is 17.0. The van der Waals surface area contributed by atoms with Gasteiger partial charge in [0.1, 0.15) is 0 Å². The fourth-order valence-corrected chi connectivity index (χ4v) is 7.23. The van der Waals surface area contributed by atoms with Gasteiger partial charge in [-0.2, -0.15) is 0 Å². The minimum Gasteiger partial charge on any atom is -0.285 e. The van der Waals surface area contributed by atoms with E-state index in [1.165, 1.54) is 69.3 Å². The SMILES string of the molecule is C.C.C1CCC1.CC.CC.CCC1C(C)CC(C)C1C.CN1C(=O)C2C(C1=O)C1C(=O)N(C)C(=O)C21.Cc1cc(C)cc(C)c1.[Y].[Y]. The van der Waals surface area contributed by atoms with Crippen LogP contribution in [0.25, 0.3) is 0 Å². The number of aryl methyl sites for hydroxylation is 3. The summed E-state index contributed by atoms with van der Waals surface area (Å²) in [6.45, 7) is 23.9. The molecule has 0 spiro atoms. The van der Waals surface area contributed by atoms with Crippen LogP contribution in [0.5, 0.6) is 0 Å². The largest absolute Gasteiger partial charge is 0.285 e. The predicted octanol–water partition coefficient (Wildman–Crippen LogP) is 9.28. The Balaban J connectivity index is -0.000000263. The van der Waals surface area contributed by atoms with E-state index in [0.717, 1.165) is 33.5 Å². The maximum atomic E-state index is 11.7. The molecule has 6 rings (SSSR count). The average molecular weight is 809 g/mol. The molecule has 5 fully saturated rings. The van der Waals surface area contributed by atoms with Gasteiger partial charge in [-0.1, -0.05) is 137 Å². The molecule has 2 aliphatic heterocycles. The number of carbonyl (C=O) groups is 4. The van der Waals surface area contributed by atoms with Gasteiger partial charge in [0, 0.05) is 79.5 Å². The molecule has 5 aliphatic rings. The normalized spacial score (nSPS) is 28.4. The van der Waals surface area contributed by atoms with Crippen molar-refractivity contribution in [1.29, 1.82) is 0 Å². The number of likely N-dealkylation sites (tertiary alicyclic amines) is 2. The Labute approximate surface area is 340 Å². The first kappa shape index (κ1) is 53.5. The van der Waals surface area contributed by atoms with Crippen LogP contribution in [0, 0.1) is 68.1 Å². The Morgan fingerprint density at radius 3 is 0.979 bits per heavy atom. The topological polar surface area (TPSA) is 74.8 Å². The number of imide groups is 2. The monoisotopic (exact) mass is 808 g/mol. The van der Waals surface area contributed by atoms with E-state index in [4.69, 9.17) is 0 Å². The van der Waals surface area contributed by atoms with E-state index in [-0.39, 0.29) is 104 Å². The summed E-state index contributed by atoms with van der Waals surface area (Å²) in [5, 5.41) is 0. The molecule has 0 bridgehead atoms. The van der Waals surface area contributed by atoms with E-state index in [0.29, 0.717) is 0 Å². The van der Waals surface area contributed by atoms with Crippen molar-refractivity contribution in [3.8, 4) is 0 Å².